The van der Waals surface area contributed by atoms with Crippen LogP contribution in [0.25, 0.3) is 22.3 Å². The van der Waals surface area contributed by atoms with Gasteiger partial charge >= 0.3 is 30.4 Å². The molecule has 13 heteroatoms. The lowest BCUT2D eigenvalue weighted by molar-refractivity contribution is 0.347. The number of ether oxygens (including phenoxy) is 1. The van der Waals surface area contributed by atoms with Crippen LogP contribution in [0.4, 0.5) is 0 Å². The summed E-state index contributed by atoms with van der Waals surface area (Å²) in [7, 11) is -11.6. The van der Waals surface area contributed by atoms with Crippen LogP contribution < -0.4 is 17.3 Å². The molecule has 0 atom stereocenters. The molecule has 0 saturated carbocycles. The minimum Gasteiger partial charge on any atom is -0.486 e. The minimum absolute atomic E-state index is 0.0440. The Kier molecular flexibility index (Phi) is 9.46. The largest absolute Gasteiger partial charge is 0.486 e. The Morgan fingerprint density at radius 3 is 1.80 bits per heavy atom. The lowest BCUT2D eigenvalue weighted by Gasteiger charge is -2.20. The van der Waals surface area contributed by atoms with E-state index < -0.39 is 30.4 Å². The zero-order valence-electron chi connectivity index (χ0n) is 23.7. The highest BCUT2D eigenvalue weighted by Gasteiger charge is 2.23. The van der Waals surface area contributed by atoms with Crippen LogP contribution in [0.5, 0.6) is 23.0 Å². The maximum Gasteiger partial charge on any atom is 0.306 e. The standard InChI is InChI=1S/C28H32O10S3/c1-18(2)14-15-35-25-13-10-22(17-26(25)37-40(6,31)32)27-19(3)16-24(20(4)28(27)38-41(7,33)34)21-8-11-23(12-9-21)36-39(5,29)30/h8-14,16-17H,15H2,1-7H3. The van der Waals surface area contributed by atoms with Crippen LogP contribution in [0.3, 0.4) is 0 Å². The van der Waals surface area contributed by atoms with Crippen LogP contribution >= 0.6 is 0 Å². The van der Waals surface area contributed by atoms with Crippen molar-refractivity contribution in [2.24, 2.45) is 0 Å². The molecule has 0 N–H and O–H groups in total. The molecule has 0 aromatic heterocycles. The summed E-state index contributed by atoms with van der Waals surface area (Å²) < 4.78 is 92.9. The fraction of sp³-hybridized carbons (Fsp3) is 0.286. The quantitative estimate of drug-likeness (QED) is 0.212. The van der Waals surface area contributed by atoms with Crippen molar-refractivity contribution in [2.75, 3.05) is 25.4 Å². The van der Waals surface area contributed by atoms with Gasteiger partial charge in [0.25, 0.3) is 0 Å². The molecule has 3 aromatic carbocycles. The normalized spacial score (nSPS) is 12.0. The molecule has 0 aliphatic rings. The van der Waals surface area contributed by atoms with Crippen LogP contribution in [0.1, 0.15) is 25.0 Å². The van der Waals surface area contributed by atoms with Crippen molar-refractivity contribution in [1.82, 2.24) is 0 Å². The number of rotatable bonds is 11. The van der Waals surface area contributed by atoms with E-state index in [1.54, 1.807) is 38.1 Å². The second-order valence-corrected chi connectivity index (χ2v) is 14.4. The van der Waals surface area contributed by atoms with Crippen molar-refractivity contribution in [3.05, 3.63) is 71.3 Å². The number of hydrogen-bond donors (Lipinski definition) is 0. The highest BCUT2D eigenvalue weighted by molar-refractivity contribution is 7.86. The van der Waals surface area contributed by atoms with Gasteiger partial charge in [-0.15, -0.1) is 0 Å². The summed E-state index contributed by atoms with van der Waals surface area (Å²) >= 11 is 0. The highest BCUT2D eigenvalue weighted by atomic mass is 32.2. The maximum absolute atomic E-state index is 12.3. The van der Waals surface area contributed by atoms with Crippen molar-refractivity contribution in [1.29, 1.82) is 0 Å². The van der Waals surface area contributed by atoms with Gasteiger partial charge in [0.15, 0.2) is 17.2 Å². The molecular weight excluding hydrogens is 592 g/mol. The number of aryl methyl sites for hydroxylation is 1. The first-order valence-corrected chi connectivity index (χ1v) is 17.6. The number of benzene rings is 3. The van der Waals surface area contributed by atoms with Crippen molar-refractivity contribution >= 4 is 30.4 Å². The molecule has 3 aromatic rings. The smallest absolute Gasteiger partial charge is 0.306 e. The van der Waals surface area contributed by atoms with E-state index in [4.69, 9.17) is 17.3 Å². The van der Waals surface area contributed by atoms with E-state index in [0.717, 1.165) is 24.3 Å². The maximum atomic E-state index is 12.3. The Hall–Kier alpha value is -3.55. The molecule has 222 valence electrons. The molecule has 3 rings (SSSR count). The third-order valence-corrected chi connectivity index (χ3v) is 7.03. The van der Waals surface area contributed by atoms with Crippen LogP contribution in [0, 0.1) is 13.8 Å². The van der Waals surface area contributed by atoms with Crippen molar-refractivity contribution in [3.8, 4) is 45.3 Å². The molecule has 0 bridgehead atoms. The van der Waals surface area contributed by atoms with E-state index in [-0.39, 0.29) is 29.6 Å². The topological polar surface area (TPSA) is 139 Å². The number of hydrogen-bond acceptors (Lipinski definition) is 10. The molecule has 0 amide bonds. The highest BCUT2D eigenvalue weighted by Crippen LogP contribution is 2.44. The van der Waals surface area contributed by atoms with Crippen LogP contribution in [0.2, 0.25) is 0 Å². The fourth-order valence-corrected chi connectivity index (χ4v) is 5.40. The SMILES string of the molecule is CC(C)=CCOc1ccc(-c2c(C)cc(-c3ccc(OS(C)(=O)=O)cc3)c(C)c2OS(C)(=O)=O)cc1OS(C)(=O)=O. The van der Waals surface area contributed by atoms with Gasteiger partial charge in [-0.05, 0) is 80.3 Å². The summed E-state index contributed by atoms with van der Waals surface area (Å²) in [6.07, 6.45) is 4.60. The van der Waals surface area contributed by atoms with Gasteiger partial charge in [0.2, 0.25) is 0 Å². The molecule has 0 saturated heterocycles. The lowest BCUT2D eigenvalue weighted by Crippen LogP contribution is -2.10. The van der Waals surface area contributed by atoms with Crippen LogP contribution in [0.15, 0.2) is 60.2 Å². The van der Waals surface area contributed by atoms with Crippen LogP contribution in [-0.2, 0) is 30.4 Å². The van der Waals surface area contributed by atoms with Gasteiger partial charge in [0, 0.05) is 11.1 Å². The molecule has 0 unspecified atom stereocenters. The Bertz CT molecular complexity index is 1800. The Balaban J connectivity index is 2.21. The van der Waals surface area contributed by atoms with Gasteiger partial charge in [-0.2, -0.15) is 25.3 Å². The van der Waals surface area contributed by atoms with Gasteiger partial charge in [-0.25, -0.2) is 0 Å². The zero-order valence-corrected chi connectivity index (χ0v) is 26.2. The van der Waals surface area contributed by atoms with E-state index in [9.17, 15) is 25.3 Å². The summed E-state index contributed by atoms with van der Waals surface area (Å²) in [5.74, 6) is 0.285. The minimum atomic E-state index is -3.99. The molecule has 41 heavy (non-hydrogen) atoms. The van der Waals surface area contributed by atoms with Crippen molar-refractivity contribution in [2.45, 2.75) is 27.7 Å². The van der Waals surface area contributed by atoms with Crippen molar-refractivity contribution in [3.63, 3.8) is 0 Å². The summed E-state index contributed by atoms with van der Waals surface area (Å²) in [6, 6.07) is 12.7. The average Bonchev–Trinajstić information content (AvgIpc) is 2.80. The third kappa shape index (κ3) is 9.23. The van der Waals surface area contributed by atoms with E-state index in [2.05, 4.69) is 0 Å². The van der Waals surface area contributed by atoms with Crippen LogP contribution in [-0.4, -0.2) is 50.6 Å². The first kappa shape index (κ1) is 32.0. The molecule has 0 fully saturated rings. The Morgan fingerprint density at radius 1 is 0.707 bits per heavy atom. The molecule has 0 heterocycles. The first-order valence-electron chi connectivity index (χ1n) is 12.2. The second kappa shape index (κ2) is 12.1. The summed E-state index contributed by atoms with van der Waals surface area (Å²) in [5.41, 5.74) is 4.22. The molecule has 0 aliphatic carbocycles. The molecule has 0 spiro atoms. The lowest BCUT2D eigenvalue weighted by atomic mass is 9.90. The third-order valence-electron chi connectivity index (χ3n) is 5.58. The van der Waals surface area contributed by atoms with E-state index in [1.807, 2.05) is 26.0 Å². The van der Waals surface area contributed by atoms with E-state index >= 15 is 0 Å². The van der Waals surface area contributed by atoms with E-state index in [0.29, 0.717) is 33.4 Å². The van der Waals surface area contributed by atoms with Gasteiger partial charge in [0.1, 0.15) is 12.4 Å². The molecule has 0 radical (unpaired) electrons. The first-order chi connectivity index (χ1) is 18.8. The average molecular weight is 625 g/mol. The summed E-state index contributed by atoms with van der Waals surface area (Å²) in [4.78, 5) is 0. The second-order valence-electron chi connectivity index (χ2n) is 9.71. The Morgan fingerprint density at radius 2 is 1.27 bits per heavy atom. The summed E-state index contributed by atoms with van der Waals surface area (Å²) in [5, 5.41) is 0. The van der Waals surface area contributed by atoms with Gasteiger partial charge in [-0.3, -0.25) is 0 Å². The zero-order chi connectivity index (χ0) is 30.8. The molecule has 10 nitrogen and oxygen atoms in total. The molecule has 0 aliphatic heterocycles. The van der Waals surface area contributed by atoms with E-state index in [1.165, 1.54) is 18.2 Å². The fourth-order valence-electron chi connectivity index (χ4n) is 3.97. The predicted molar refractivity (Wildman–Crippen MR) is 158 cm³/mol. The predicted octanol–water partition coefficient (Wildman–Crippen LogP) is 5.00. The number of allylic oxidation sites excluding steroid dienone is 1. The van der Waals surface area contributed by atoms with Gasteiger partial charge in [-0.1, -0.05) is 29.8 Å². The van der Waals surface area contributed by atoms with Gasteiger partial charge < -0.3 is 17.3 Å². The Labute approximate surface area is 241 Å². The molecular formula is C28H32O10S3. The summed E-state index contributed by atoms with van der Waals surface area (Å²) in [6.45, 7) is 7.42. The van der Waals surface area contributed by atoms with Crippen molar-refractivity contribution < 1.29 is 42.5 Å². The monoisotopic (exact) mass is 624 g/mol. The van der Waals surface area contributed by atoms with Gasteiger partial charge in [0.05, 0.1) is 18.8 Å².